The van der Waals surface area contributed by atoms with Crippen LogP contribution in [0.25, 0.3) is 0 Å². The highest BCUT2D eigenvalue weighted by atomic mass is 35.5. The molecule has 2 rings (SSSR count). The second-order valence-electron chi connectivity index (χ2n) is 4.01. The van der Waals surface area contributed by atoms with Crippen LogP contribution in [-0.4, -0.2) is 0 Å². The van der Waals surface area contributed by atoms with Crippen LogP contribution in [0.3, 0.4) is 0 Å². The van der Waals surface area contributed by atoms with Crippen LogP contribution in [0.1, 0.15) is 11.1 Å². The van der Waals surface area contributed by atoms with Crippen LogP contribution in [0.4, 0.5) is 17.6 Å². The van der Waals surface area contributed by atoms with Crippen molar-refractivity contribution in [3.05, 3.63) is 59.4 Å². The Balaban J connectivity index is 2.31. The Bertz CT molecular complexity index is 593. The number of hydrogen-bond donors (Lipinski definition) is 0. The summed E-state index contributed by atoms with van der Waals surface area (Å²) in [4.78, 5) is 0. The maximum atomic E-state index is 12.8. The van der Waals surface area contributed by atoms with Gasteiger partial charge in [0.1, 0.15) is 17.3 Å². The highest BCUT2D eigenvalue weighted by Crippen LogP contribution is 2.36. The lowest BCUT2D eigenvalue weighted by atomic mass is 10.1. The molecule has 2 aromatic carbocycles. The summed E-state index contributed by atoms with van der Waals surface area (Å²) in [6, 6.07) is 8.50. The predicted octanol–water partition coefficient (Wildman–Crippen LogP) is 5.38. The molecule has 0 aliphatic carbocycles. The molecule has 0 radical (unpaired) electrons. The Labute approximate surface area is 117 Å². The van der Waals surface area contributed by atoms with Gasteiger partial charge in [-0.1, -0.05) is 6.07 Å². The standard InChI is InChI=1S/C14H9ClF4O/c15-8-9-1-4-12(7-13(9)14(17,18)19)20-11-5-2-10(16)3-6-11/h1-7H,8H2. The van der Waals surface area contributed by atoms with E-state index in [0.29, 0.717) is 0 Å². The van der Waals surface area contributed by atoms with Gasteiger partial charge in [0.2, 0.25) is 0 Å². The monoisotopic (exact) mass is 304 g/mol. The molecule has 2 aromatic rings. The first kappa shape index (κ1) is 14.7. The summed E-state index contributed by atoms with van der Waals surface area (Å²) in [5, 5.41) is 0. The molecule has 0 bridgehead atoms. The van der Waals surface area contributed by atoms with Gasteiger partial charge in [-0.05, 0) is 42.0 Å². The molecule has 0 fully saturated rings. The van der Waals surface area contributed by atoms with Crippen molar-refractivity contribution in [2.45, 2.75) is 12.1 Å². The van der Waals surface area contributed by atoms with Gasteiger partial charge in [-0.2, -0.15) is 13.2 Å². The van der Waals surface area contributed by atoms with E-state index in [9.17, 15) is 17.6 Å². The fourth-order valence-electron chi connectivity index (χ4n) is 1.64. The van der Waals surface area contributed by atoms with E-state index in [-0.39, 0.29) is 22.9 Å². The predicted molar refractivity (Wildman–Crippen MR) is 67.5 cm³/mol. The normalized spacial score (nSPS) is 11.4. The van der Waals surface area contributed by atoms with Crippen molar-refractivity contribution in [1.82, 2.24) is 0 Å². The minimum Gasteiger partial charge on any atom is -0.457 e. The van der Waals surface area contributed by atoms with Crippen molar-refractivity contribution in [2.75, 3.05) is 0 Å². The lowest BCUT2D eigenvalue weighted by Crippen LogP contribution is -2.08. The maximum absolute atomic E-state index is 12.8. The molecule has 0 heterocycles. The SMILES string of the molecule is Fc1ccc(Oc2ccc(CCl)c(C(F)(F)F)c2)cc1. The molecule has 20 heavy (non-hydrogen) atoms. The van der Waals surface area contributed by atoms with Gasteiger partial charge in [-0.15, -0.1) is 11.6 Å². The minimum atomic E-state index is -4.51. The summed E-state index contributed by atoms with van der Waals surface area (Å²) < 4.78 is 56.5. The number of alkyl halides is 4. The molecule has 0 unspecified atom stereocenters. The van der Waals surface area contributed by atoms with Crippen LogP contribution in [0.15, 0.2) is 42.5 Å². The van der Waals surface area contributed by atoms with Crippen molar-refractivity contribution in [3.63, 3.8) is 0 Å². The van der Waals surface area contributed by atoms with Gasteiger partial charge in [0.15, 0.2) is 0 Å². The van der Waals surface area contributed by atoms with Crippen LogP contribution in [-0.2, 0) is 12.1 Å². The molecule has 0 saturated carbocycles. The molecule has 0 atom stereocenters. The molecular weight excluding hydrogens is 296 g/mol. The van der Waals surface area contributed by atoms with Crippen molar-refractivity contribution < 1.29 is 22.3 Å². The van der Waals surface area contributed by atoms with Gasteiger partial charge in [-0.25, -0.2) is 4.39 Å². The molecule has 1 nitrogen and oxygen atoms in total. The summed E-state index contributed by atoms with van der Waals surface area (Å²) in [7, 11) is 0. The number of hydrogen-bond acceptors (Lipinski definition) is 1. The molecule has 0 aliphatic heterocycles. The van der Waals surface area contributed by atoms with Crippen molar-refractivity contribution in [1.29, 1.82) is 0 Å². The third-order valence-corrected chi connectivity index (χ3v) is 2.87. The molecule has 0 N–H and O–H groups in total. The van der Waals surface area contributed by atoms with Crippen LogP contribution in [0.2, 0.25) is 0 Å². The highest BCUT2D eigenvalue weighted by molar-refractivity contribution is 6.17. The Morgan fingerprint density at radius 1 is 0.950 bits per heavy atom. The van der Waals surface area contributed by atoms with E-state index in [1.54, 1.807) is 0 Å². The Morgan fingerprint density at radius 2 is 1.55 bits per heavy atom. The number of rotatable bonds is 3. The van der Waals surface area contributed by atoms with Crippen LogP contribution in [0, 0.1) is 5.82 Å². The quantitative estimate of drug-likeness (QED) is 0.547. The zero-order chi connectivity index (χ0) is 14.8. The molecule has 0 saturated heterocycles. The van der Waals surface area contributed by atoms with Gasteiger partial charge >= 0.3 is 6.18 Å². The van der Waals surface area contributed by atoms with Gasteiger partial charge in [-0.3, -0.25) is 0 Å². The Morgan fingerprint density at radius 3 is 2.10 bits per heavy atom. The van der Waals surface area contributed by atoms with E-state index in [2.05, 4.69) is 0 Å². The van der Waals surface area contributed by atoms with Crippen molar-refractivity contribution >= 4 is 11.6 Å². The molecule has 0 amide bonds. The average Bonchev–Trinajstić information content (AvgIpc) is 2.40. The second kappa shape index (κ2) is 5.71. The smallest absolute Gasteiger partial charge is 0.416 e. The summed E-state index contributed by atoms with van der Waals surface area (Å²) in [6.07, 6.45) is -4.51. The zero-order valence-corrected chi connectivity index (χ0v) is 10.8. The first-order valence-electron chi connectivity index (χ1n) is 5.59. The van der Waals surface area contributed by atoms with Crippen LogP contribution < -0.4 is 4.74 Å². The Hall–Kier alpha value is -1.75. The summed E-state index contributed by atoms with van der Waals surface area (Å²) >= 11 is 5.49. The van der Waals surface area contributed by atoms with Gasteiger partial charge in [0.25, 0.3) is 0 Å². The van der Waals surface area contributed by atoms with Gasteiger partial charge in [0, 0.05) is 5.88 Å². The third-order valence-electron chi connectivity index (χ3n) is 2.58. The van der Waals surface area contributed by atoms with E-state index >= 15 is 0 Å². The summed E-state index contributed by atoms with van der Waals surface area (Å²) in [6.45, 7) is 0. The van der Waals surface area contributed by atoms with E-state index in [1.165, 1.54) is 24.3 Å². The lowest BCUT2D eigenvalue weighted by Gasteiger charge is -2.13. The third kappa shape index (κ3) is 3.42. The molecule has 106 valence electrons. The maximum Gasteiger partial charge on any atom is 0.416 e. The summed E-state index contributed by atoms with van der Waals surface area (Å²) in [5.74, 6) is -0.437. The van der Waals surface area contributed by atoms with Crippen molar-refractivity contribution in [2.24, 2.45) is 0 Å². The lowest BCUT2D eigenvalue weighted by molar-refractivity contribution is -0.138. The Kier molecular flexibility index (Phi) is 4.18. The van der Waals surface area contributed by atoms with E-state index < -0.39 is 17.6 Å². The number of benzene rings is 2. The van der Waals surface area contributed by atoms with Crippen molar-refractivity contribution in [3.8, 4) is 11.5 Å². The van der Waals surface area contributed by atoms with E-state index in [4.69, 9.17) is 16.3 Å². The average molecular weight is 305 g/mol. The molecule has 0 spiro atoms. The molecule has 0 aromatic heterocycles. The molecule has 6 heteroatoms. The highest BCUT2D eigenvalue weighted by Gasteiger charge is 2.33. The fourth-order valence-corrected chi connectivity index (χ4v) is 1.87. The van der Waals surface area contributed by atoms with E-state index in [1.807, 2.05) is 0 Å². The van der Waals surface area contributed by atoms with E-state index in [0.717, 1.165) is 18.2 Å². The minimum absolute atomic E-state index is 0.0119. The fraction of sp³-hybridized carbons (Fsp3) is 0.143. The summed E-state index contributed by atoms with van der Waals surface area (Å²) in [5.41, 5.74) is -0.863. The molecule has 0 aliphatic rings. The topological polar surface area (TPSA) is 9.23 Å². The first-order valence-corrected chi connectivity index (χ1v) is 6.13. The number of ether oxygens (including phenoxy) is 1. The second-order valence-corrected chi connectivity index (χ2v) is 4.27. The largest absolute Gasteiger partial charge is 0.457 e. The number of halogens is 5. The zero-order valence-electron chi connectivity index (χ0n) is 10.0. The van der Waals surface area contributed by atoms with Gasteiger partial charge < -0.3 is 4.74 Å². The van der Waals surface area contributed by atoms with Crippen LogP contribution in [0.5, 0.6) is 11.5 Å². The van der Waals surface area contributed by atoms with Crippen LogP contribution >= 0.6 is 11.6 Å². The molecular formula is C14H9ClF4O. The van der Waals surface area contributed by atoms with Gasteiger partial charge in [0.05, 0.1) is 5.56 Å². The first-order chi connectivity index (χ1) is 9.40.